The minimum atomic E-state index is -0.617. The smallest absolute Gasteiger partial charge is 0.0831 e. The Bertz CT molecular complexity index is 482. The predicted molar refractivity (Wildman–Crippen MR) is 69.4 cm³/mol. The third-order valence-corrected chi connectivity index (χ3v) is 2.88. The van der Waals surface area contributed by atoms with Crippen molar-refractivity contribution in [1.82, 2.24) is 4.98 Å². The molecule has 1 atom stereocenters. The largest absolute Gasteiger partial charge is 0.388 e. The van der Waals surface area contributed by atoms with Crippen molar-refractivity contribution in [2.45, 2.75) is 12.5 Å². The molecule has 1 unspecified atom stereocenters. The number of hydrogen-bond acceptors (Lipinski definition) is 2. The lowest BCUT2D eigenvalue weighted by Crippen LogP contribution is -2.01. The molecule has 2 nitrogen and oxygen atoms in total. The van der Waals surface area contributed by atoms with Crippen LogP contribution in [0.2, 0.25) is 10.0 Å². The van der Waals surface area contributed by atoms with Gasteiger partial charge in [-0.25, -0.2) is 0 Å². The normalized spacial score (nSPS) is 12.4. The Hall–Kier alpha value is -1.09. The maximum atomic E-state index is 10.1. The molecule has 0 aliphatic carbocycles. The summed E-state index contributed by atoms with van der Waals surface area (Å²) in [6.45, 7) is 0. The van der Waals surface area contributed by atoms with Gasteiger partial charge in [0.2, 0.25) is 0 Å². The van der Waals surface area contributed by atoms with Crippen LogP contribution in [0.25, 0.3) is 0 Å². The molecule has 1 N–H and O–H groups in total. The van der Waals surface area contributed by atoms with Crippen LogP contribution in [0.5, 0.6) is 0 Å². The van der Waals surface area contributed by atoms with Gasteiger partial charge in [-0.05, 0) is 41.5 Å². The fourth-order valence-corrected chi connectivity index (χ4v) is 2.17. The molecule has 88 valence electrons. The zero-order chi connectivity index (χ0) is 12.3. The van der Waals surface area contributed by atoms with Gasteiger partial charge in [0, 0.05) is 28.9 Å². The molecule has 0 aliphatic rings. The number of rotatable bonds is 3. The summed E-state index contributed by atoms with van der Waals surface area (Å²) < 4.78 is 0. The van der Waals surface area contributed by atoms with E-state index in [1.807, 2.05) is 12.1 Å². The number of hydrogen-bond donors (Lipinski definition) is 1. The number of halogens is 2. The molecule has 17 heavy (non-hydrogen) atoms. The molecule has 1 heterocycles. The molecule has 0 saturated carbocycles. The SMILES string of the molecule is OC(Cc1ccncc1)c1cc(Cl)cc(Cl)c1. The van der Waals surface area contributed by atoms with Gasteiger partial charge in [-0.1, -0.05) is 23.2 Å². The maximum Gasteiger partial charge on any atom is 0.0831 e. The summed E-state index contributed by atoms with van der Waals surface area (Å²) in [5.41, 5.74) is 1.74. The van der Waals surface area contributed by atoms with Gasteiger partial charge in [-0.3, -0.25) is 4.98 Å². The van der Waals surface area contributed by atoms with Crippen LogP contribution >= 0.6 is 23.2 Å². The van der Waals surface area contributed by atoms with Crippen molar-refractivity contribution in [2.75, 3.05) is 0 Å². The van der Waals surface area contributed by atoms with E-state index in [4.69, 9.17) is 23.2 Å². The first kappa shape index (κ1) is 12.4. The van der Waals surface area contributed by atoms with Crippen LogP contribution in [0.4, 0.5) is 0 Å². The van der Waals surface area contributed by atoms with Crippen molar-refractivity contribution < 1.29 is 5.11 Å². The monoisotopic (exact) mass is 267 g/mol. The lowest BCUT2D eigenvalue weighted by atomic mass is 10.0. The molecule has 2 rings (SSSR count). The number of nitrogens with zero attached hydrogens (tertiary/aromatic N) is 1. The Balaban J connectivity index is 2.17. The van der Waals surface area contributed by atoms with Crippen molar-refractivity contribution >= 4 is 23.2 Å². The van der Waals surface area contributed by atoms with Crippen LogP contribution in [0, 0.1) is 0 Å². The molecular formula is C13H11Cl2NO. The summed E-state index contributed by atoms with van der Waals surface area (Å²) >= 11 is 11.8. The van der Waals surface area contributed by atoms with Crippen molar-refractivity contribution in [1.29, 1.82) is 0 Å². The van der Waals surface area contributed by atoms with Crippen molar-refractivity contribution in [3.63, 3.8) is 0 Å². The predicted octanol–water partition coefficient (Wildman–Crippen LogP) is 3.66. The molecule has 0 amide bonds. The van der Waals surface area contributed by atoms with E-state index in [1.165, 1.54) is 0 Å². The van der Waals surface area contributed by atoms with Crippen LogP contribution in [0.15, 0.2) is 42.7 Å². The van der Waals surface area contributed by atoms with Crippen LogP contribution in [0.1, 0.15) is 17.2 Å². The van der Waals surface area contributed by atoms with Crippen molar-refractivity contribution in [2.24, 2.45) is 0 Å². The van der Waals surface area contributed by atoms with E-state index in [1.54, 1.807) is 30.6 Å². The fraction of sp³-hybridized carbons (Fsp3) is 0.154. The second-order valence-electron chi connectivity index (χ2n) is 3.78. The van der Waals surface area contributed by atoms with Gasteiger partial charge in [0.05, 0.1) is 6.10 Å². The van der Waals surface area contributed by atoms with E-state index in [2.05, 4.69) is 4.98 Å². The summed E-state index contributed by atoms with van der Waals surface area (Å²) in [7, 11) is 0. The number of benzene rings is 1. The minimum Gasteiger partial charge on any atom is -0.388 e. The quantitative estimate of drug-likeness (QED) is 0.921. The zero-order valence-corrected chi connectivity index (χ0v) is 10.5. The van der Waals surface area contributed by atoms with E-state index in [-0.39, 0.29) is 0 Å². The van der Waals surface area contributed by atoms with Crippen LogP contribution in [-0.4, -0.2) is 10.1 Å². The van der Waals surface area contributed by atoms with Crippen molar-refractivity contribution in [3.8, 4) is 0 Å². The van der Waals surface area contributed by atoms with E-state index in [0.717, 1.165) is 11.1 Å². The summed E-state index contributed by atoms with van der Waals surface area (Å²) in [5, 5.41) is 11.1. The van der Waals surface area contributed by atoms with Crippen LogP contribution in [-0.2, 0) is 6.42 Å². The topological polar surface area (TPSA) is 33.1 Å². The van der Waals surface area contributed by atoms with Crippen LogP contribution in [0.3, 0.4) is 0 Å². The first-order valence-corrected chi connectivity index (χ1v) is 5.94. The summed E-state index contributed by atoms with van der Waals surface area (Å²) in [4.78, 5) is 3.93. The highest BCUT2D eigenvalue weighted by molar-refractivity contribution is 6.34. The number of aromatic nitrogens is 1. The molecule has 2 aromatic rings. The van der Waals surface area contributed by atoms with Gasteiger partial charge in [-0.15, -0.1) is 0 Å². The average molecular weight is 268 g/mol. The van der Waals surface area contributed by atoms with Gasteiger partial charge in [-0.2, -0.15) is 0 Å². The molecule has 0 saturated heterocycles. The summed E-state index contributed by atoms with van der Waals surface area (Å²) in [6.07, 6.45) is 3.30. The number of aliphatic hydroxyl groups is 1. The fourth-order valence-electron chi connectivity index (χ4n) is 1.63. The second kappa shape index (κ2) is 5.50. The average Bonchev–Trinajstić information content (AvgIpc) is 2.29. The third-order valence-electron chi connectivity index (χ3n) is 2.45. The Morgan fingerprint density at radius 3 is 2.24 bits per heavy atom. The number of aliphatic hydroxyl groups excluding tert-OH is 1. The molecule has 0 fully saturated rings. The molecule has 1 aromatic carbocycles. The van der Waals surface area contributed by atoms with E-state index >= 15 is 0 Å². The molecule has 0 bridgehead atoms. The molecular weight excluding hydrogens is 257 g/mol. The van der Waals surface area contributed by atoms with E-state index in [9.17, 15) is 5.11 Å². The minimum absolute atomic E-state index is 0.513. The highest BCUT2D eigenvalue weighted by Gasteiger charge is 2.10. The highest BCUT2D eigenvalue weighted by atomic mass is 35.5. The Morgan fingerprint density at radius 2 is 1.65 bits per heavy atom. The first-order valence-electron chi connectivity index (χ1n) is 5.18. The summed E-state index contributed by atoms with van der Waals surface area (Å²) in [5.74, 6) is 0. The molecule has 1 aromatic heterocycles. The lowest BCUT2D eigenvalue weighted by Gasteiger charge is -2.11. The second-order valence-corrected chi connectivity index (χ2v) is 4.65. The first-order chi connectivity index (χ1) is 8.15. The van der Waals surface area contributed by atoms with Crippen molar-refractivity contribution in [3.05, 3.63) is 63.9 Å². The molecule has 4 heteroatoms. The van der Waals surface area contributed by atoms with E-state index < -0.39 is 6.10 Å². The molecule has 0 aliphatic heterocycles. The van der Waals surface area contributed by atoms with E-state index in [0.29, 0.717) is 16.5 Å². The standard InChI is InChI=1S/C13H11Cl2NO/c14-11-6-10(7-12(15)8-11)13(17)5-9-1-3-16-4-2-9/h1-4,6-8,13,17H,5H2. The summed E-state index contributed by atoms with van der Waals surface area (Å²) in [6, 6.07) is 8.83. The molecule has 0 radical (unpaired) electrons. The van der Waals surface area contributed by atoms with Gasteiger partial charge < -0.3 is 5.11 Å². The van der Waals surface area contributed by atoms with Gasteiger partial charge in [0.25, 0.3) is 0 Å². The van der Waals surface area contributed by atoms with Gasteiger partial charge in [0.1, 0.15) is 0 Å². The van der Waals surface area contributed by atoms with Gasteiger partial charge >= 0.3 is 0 Å². The molecule has 0 spiro atoms. The Kier molecular flexibility index (Phi) is 4.00. The number of pyridine rings is 1. The zero-order valence-electron chi connectivity index (χ0n) is 8.98. The van der Waals surface area contributed by atoms with Crippen LogP contribution < -0.4 is 0 Å². The maximum absolute atomic E-state index is 10.1. The third kappa shape index (κ3) is 3.43. The Morgan fingerprint density at radius 1 is 1.06 bits per heavy atom. The highest BCUT2D eigenvalue weighted by Crippen LogP contribution is 2.25. The van der Waals surface area contributed by atoms with Gasteiger partial charge in [0.15, 0.2) is 0 Å². The Labute approximate surface area is 110 Å². The lowest BCUT2D eigenvalue weighted by molar-refractivity contribution is 0.178.